The molecule has 3 nitrogen and oxygen atoms in total. The summed E-state index contributed by atoms with van der Waals surface area (Å²) in [5, 5.41) is 3.47. The van der Waals surface area contributed by atoms with Gasteiger partial charge in [-0.2, -0.15) is 0 Å². The van der Waals surface area contributed by atoms with E-state index in [-0.39, 0.29) is 0 Å². The Morgan fingerprint density at radius 3 is 2.68 bits per heavy atom. The molecular formula is C16H25NO2. The van der Waals surface area contributed by atoms with Gasteiger partial charge in [-0.05, 0) is 50.4 Å². The first kappa shape index (κ1) is 14.2. The monoisotopic (exact) mass is 263 g/mol. The van der Waals surface area contributed by atoms with Crippen LogP contribution in [0.4, 0.5) is 0 Å². The molecule has 106 valence electrons. The second kappa shape index (κ2) is 6.80. The first-order chi connectivity index (χ1) is 9.30. The number of methoxy groups -OCH3 is 1. The quantitative estimate of drug-likeness (QED) is 0.885. The van der Waals surface area contributed by atoms with Crippen LogP contribution in [0.3, 0.4) is 0 Å². The summed E-state index contributed by atoms with van der Waals surface area (Å²) in [7, 11) is 1.75. The largest absolute Gasteiger partial charge is 0.496 e. The number of hydrogen-bond acceptors (Lipinski definition) is 3. The van der Waals surface area contributed by atoms with Crippen LogP contribution in [0.15, 0.2) is 12.1 Å². The third-order valence-electron chi connectivity index (χ3n) is 3.83. The molecule has 3 heteroatoms. The zero-order chi connectivity index (χ0) is 13.7. The van der Waals surface area contributed by atoms with Crippen molar-refractivity contribution < 1.29 is 9.47 Å². The van der Waals surface area contributed by atoms with E-state index in [1.54, 1.807) is 7.11 Å². The van der Waals surface area contributed by atoms with E-state index in [1.807, 2.05) is 6.92 Å². The minimum Gasteiger partial charge on any atom is -0.496 e. The van der Waals surface area contributed by atoms with Gasteiger partial charge in [0, 0.05) is 18.0 Å². The molecule has 0 amide bonds. The van der Waals surface area contributed by atoms with Crippen LogP contribution >= 0.6 is 0 Å². The number of benzene rings is 1. The number of aryl methyl sites for hydroxylation is 1. The van der Waals surface area contributed by atoms with E-state index < -0.39 is 0 Å². The van der Waals surface area contributed by atoms with Crippen LogP contribution in [-0.4, -0.2) is 26.8 Å². The topological polar surface area (TPSA) is 30.5 Å². The van der Waals surface area contributed by atoms with Gasteiger partial charge in [-0.1, -0.05) is 6.92 Å². The first-order valence-electron chi connectivity index (χ1n) is 7.34. The number of hydrogen-bond donors (Lipinski definition) is 1. The molecule has 2 rings (SSSR count). The van der Waals surface area contributed by atoms with Gasteiger partial charge in [-0.15, -0.1) is 0 Å². The third-order valence-corrected chi connectivity index (χ3v) is 3.83. The van der Waals surface area contributed by atoms with Crippen molar-refractivity contribution in [2.24, 2.45) is 0 Å². The van der Waals surface area contributed by atoms with E-state index in [0.29, 0.717) is 12.5 Å². The highest BCUT2D eigenvalue weighted by Gasteiger charge is 2.21. The summed E-state index contributed by atoms with van der Waals surface area (Å²) in [5.41, 5.74) is 2.52. The maximum atomic E-state index is 5.85. The molecule has 0 aliphatic carbocycles. The van der Waals surface area contributed by atoms with Crippen LogP contribution < -0.4 is 14.8 Å². The van der Waals surface area contributed by atoms with Crippen molar-refractivity contribution >= 4 is 0 Å². The fraction of sp³-hybridized carbons (Fsp3) is 0.625. The minimum atomic E-state index is 0.537. The Bertz CT molecular complexity index is 411. The van der Waals surface area contributed by atoms with Gasteiger partial charge in [0.2, 0.25) is 0 Å². The van der Waals surface area contributed by atoms with Crippen LogP contribution in [0, 0.1) is 0 Å². The molecule has 0 bridgehead atoms. The van der Waals surface area contributed by atoms with Crippen LogP contribution in [0.2, 0.25) is 0 Å². The SMILES string of the molecule is CCOc1cc(CC)c(OC)cc1[C@@H]1CCCNC1. The molecule has 1 fully saturated rings. The molecular weight excluding hydrogens is 238 g/mol. The van der Waals surface area contributed by atoms with Crippen molar-refractivity contribution in [3.63, 3.8) is 0 Å². The van der Waals surface area contributed by atoms with Gasteiger partial charge < -0.3 is 14.8 Å². The standard InChI is InChI=1S/C16H25NO2/c1-4-12-9-16(19-5-2)14(10-15(12)18-3)13-7-6-8-17-11-13/h9-10,13,17H,4-8,11H2,1-3H3/t13-/m1/s1. The maximum absolute atomic E-state index is 5.85. The highest BCUT2D eigenvalue weighted by atomic mass is 16.5. The van der Waals surface area contributed by atoms with Crippen molar-refractivity contribution in [1.82, 2.24) is 5.32 Å². The Labute approximate surface area is 116 Å². The predicted molar refractivity (Wildman–Crippen MR) is 78.4 cm³/mol. The van der Waals surface area contributed by atoms with E-state index in [1.165, 1.54) is 24.0 Å². The van der Waals surface area contributed by atoms with Gasteiger partial charge in [-0.25, -0.2) is 0 Å². The van der Waals surface area contributed by atoms with Gasteiger partial charge >= 0.3 is 0 Å². The van der Waals surface area contributed by atoms with Gasteiger partial charge in [0.15, 0.2) is 0 Å². The van der Waals surface area contributed by atoms with Crippen molar-refractivity contribution in [1.29, 1.82) is 0 Å². The lowest BCUT2D eigenvalue weighted by Crippen LogP contribution is -2.28. The van der Waals surface area contributed by atoms with E-state index in [4.69, 9.17) is 9.47 Å². The first-order valence-corrected chi connectivity index (χ1v) is 7.34. The fourth-order valence-electron chi connectivity index (χ4n) is 2.80. The van der Waals surface area contributed by atoms with E-state index >= 15 is 0 Å². The molecule has 1 saturated heterocycles. The maximum Gasteiger partial charge on any atom is 0.123 e. The number of ether oxygens (including phenoxy) is 2. The summed E-state index contributed by atoms with van der Waals surface area (Å²) in [5.74, 6) is 2.57. The molecule has 1 atom stereocenters. The van der Waals surface area contributed by atoms with Crippen LogP contribution in [0.1, 0.15) is 43.7 Å². The van der Waals surface area contributed by atoms with Crippen molar-refractivity contribution in [2.75, 3.05) is 26.8 Å². The fourth-order valence-corrected chi connectivity index (χ4v) is 2.80. The predicted octanol–water partition coefficient (Wildman–Crippen LogP) is 3.12. The second-order valence-electron chi connectivity index (χ2n) is 5.03. The lowest BCUT2D eigenvalue weighted by atomic mass is 9.89. The number of nitrogens with one attached hydrogen (secondary N) is 1. The Hall–Kier alpha value is -1.22. The zero-order valence-electron chi connectivity index (χ0n) is 12.3. The summed E-state index contributed by atoms with van der Waals surface area (Å²) in [6, 6.07) is 4.34. The number of rotatable bonds is 5. The molecule has 1 N–H and O–H groups in total. The second-order valence-corrected chi connectivity index (χ2v) is 5.03. The van der Waals surface area contributed by atoms with Gasteiger partial charge in [0.05, 0.1) is 13.7 Å². The lowest BCUT2D eigenvalue weighted by molar-refractivity contribution is 0.327. The molecule has 1 heterocycles. The summed E-state index contributed by atoms with van der Waals surface area (Å²) in [6.45, 7) is 7.07. The molecule has 0 unspecified atom stereocenters. The van der Waals surface area contributed by atoms with Crippen molar-refractivity contribution in [3.05, 3.63) is 23.3 Å². The van der Waals surface area contributed by atoms with Crippen LogP contribution in [0.25, 0.3) is 0 Å². The van der Waals surface area contributed by atoms with Crippen molar-refractivity contribution in [2.45, 2.75) is 39.0 Å². The summed E-state index contributed by atoms with van der Waals surface area (Å²) >= 11 is 0. The molecule has 0 spiro atoms. The normalized spacial score (nSPS) is 19.2. The van der Waals surface area contributed by atoms with Gasteiger partial charge in [-0.3, -0.25) is 0 Å². The highest BCUT2D eigenvalue weighted by Crippen LogP contribution is 2.36. The summed E-state index contributed by atoms with van der Waals surface area (Å²) in [4.78, 5) is 0. The lowest BCUT2D eigenvalue weighted by Gasteiger charge is -2.26. The minimum absolute atomic E-state index is 0.537. The Morgan fingerprint density at radius 2 is 2.11 bits per heavy atom. The molecule has 19 heavy (non-hydrogen) atoms. The highest BCUT2D eigenvalue weighted by molar-refractivity contribution is 5.48. The van der Waals surface area contributed by atoms with E-state index in [0.717, 1.165) is 31.0 Å². The summed E-state index contributed by atoms with van der Waals surface area (Å²) < 4.78 is 11.4. The van der Waals surface area contributed by atoms with E-state index in [9.17, 15) is 0 Å². The Balaban J connectivity index is 2.37. The molecule has 0 aromatic heterocycles. The average Bonchev–Trinajstić information content (AvgIpc) is 2.48. The Morgan fingerprint density at radius 1 is 1.26 bits per heavy atom. The van der Waals surface area contributed by atoms with Crippen LogP contribution in [-0.2, 0) is 6.42 Å². The smallest absolute Gasteiger partial charge is 0.123 e. The molecule has 1 aromatic rings. The molecule has 1 aliphatic heterocycles. The summed E-state index contributed by atoms with van der Waals surface area (Å²) in [6.07, 6.45) is 3.42. The third kappa shape index (κ3) is 3.21. The van der Waals surface area contributed by atoms with Gasteiger partial charge in [0.25, 0.3) is 0 Å². The van der Waals surface area contributed by atoms with E-state index in [2.05, 4.69) is 24.4 Å². The Kier molecular flexibility index (Phi) is 5.08. The van der Waals surface area contributed by atoms with Gasteiger partial charge in [0.1, 0.15) is 11.5 Å². The molecule has 1 aliphatic rings. The van der Waals surface area contributed by atoms with Crippen LogP contribution in [0.5, 0.6) is 11.5 Å². The zero-order valence-corrected chi connectivity index (χ0v) is 12.3. The van der Waals surface area contributed by atoms with Crippen molar-refractivity contribution in [3.8, 4) is 11.5 Å². The molecule has 0 saturated carbocycles. The number of piperidine rings is 1. The molecule has 0 radical (unpaired) electrons. The molecule has 1 aromatic carbocycles. The average molecular weight is 263 g/mol.